The average molecular weight is 406 g/mol. The Balaban J connectivity index is 1.63. The largest absolute Gasteiger partial charge is 0.381 e. The van der Waals surface area contributed by atoms with Crippen molar-refractivity contribution < 1.29 is 4.74 Å². The van der Waals surface area contributed by atoms with Gasteiger partial charge in [0.15, 0.2) is 0 Å². The van der Waals surface area contributed by atoms with Gasteiger partial charge < -0.3 is 9.30 Å². The number of hydrogen-bond acceptors (Lipinski definition) is 4. The highest BCUT2D eigenvalue weighted by atomic mass is 32.2. The van der Waals surface area contributed by atoms with Gasteiger partial charge in [-0.15, -0.1) is 9.24 Å². The molecule has 2 aromatic rings. The van der Waals surface area contributed by atoms with Crippen molar-refractivity contribution in [1.82, 2.24) is 13.9 Å². The van der Waals surface area contributed by atoms with Gasteiger partial charge in [-0.05, 0) is 61.0 Å². The number of hydrogen-bond donors (Lipinski definition) is 0. The molecule has 1 aromatic carbocycles. The molecule has 0 aliphatic carbocycles. The number of ether oxygens (including phenoxy) is 1. The predicted octanol–water partition coefficient (Wildman–Crippen LogP) is 4.72. The first-order valence-electron chi connectivity index (χ1n) is 10.2. The molecule has 2 atom stereocenters. The topological polar surface area (TPSA) is 30.3 Å². The van der Waals surface area contributed by atoms with Gasteiger partial charge in [-0.2, -0.15) is 0 Å². The molecule has 2 aliphatic heterocycles. The van der Waals surface area contributed by atoms with Crippen molar-refractivity contribution in [3.8, 4) is 0 Å². The summed E-state index contributed by atoms with van der Waals surface area (Å²) in [6.45, 7) is 12.0. The molecule has 2 aliphatic rings. The molecule has 6 heteroatoms. The van der Waals surface area contributed by atoms with Gasteiger partial charge in [0.05, 0.1) is 11.0 Å². The fourth-order valence-corrected chi connectivity index (χ4v) is 5.71. The van der Waals surface area contributed by atoms with Crippen LogP contribution in [0.1, 0.15) is 45.9 Å². The smallest absolute Gasteiger partial charge is 0.115 e. The maximum atomic E-state index is 5.56. The normalized spacial score (nSPS) is 22.7. The van der Waals surface area contributed by atoms with Crippen LogP contribution in [0.4, 0.5) is 0 Å². The van der Waals surface area contributed by atoms with Gasteiger partial charge in [0, 0.05) is 43.2 Å². The molecule has 0 spiro atoms. The first-order valence-corrected chi connectivity index (χ1v) is 11.6. The highest BCUT2D eigenvalue weighted by Gasteiger charge is 2.26. The third-order valence-corrected chi connectivity index (χ3v) is 7.19. The van der Waals surface area contributed by atoms with E-state index < -0.39 is 0 Å². The van der Waals surface area contributed by atoms with Crippen LogP contribution in [-0.4, -0.2) is 45.8 Å². The van der Waals surface area contributed by atoms with Crippen molar-refractivity contribution in [2.45, 2.75) is 62.5 Å². The van der Waals surface area contributed by atoms with Gasteiger partial charge in [-0.3, -0.25) is 0 Å². The van der Waals surface area contributed by atoms with Crippen LogP contribution >= 0.6 is 21.2 Å². The molecule has 0 saturated carbocycles. The number of nitrogens with zero attached hydrogens (tertiary/aromatic N) is 3. The van der Waals surface area contributed by atoms with E-state index in [0.717, 1.165) is 50.3 Å². The van der Waals surface area contributed by atoms with E-state index in [1.807, 2.05) is 11.9 Å². The summed E-state index contributed by atoms with van der Waals surface area (Å²) < 4.78 is 10.5. The third-order valence-electron chi connectivity index (χ3n) is 5.59. The van der Waals surface area contributed by atoms with Crippen molar-refractivity contribution >= 4 is 32.2 Å². The summed E-state index contributed by atoms with van der Waals surface area (Å²) in [7, 11) is 2.96. The second-order valence-electron chi connectivity index (χ2n) is 9.03. The molecular weight excluding hydrogens is 373 g/mol. The van der Waals surface area contributed by atoms with Crippen LogP contribution in [0.15, 0.2) is 23.1 Å². The van der Waals surface area contributed by atoms with Crippen molar-refractivity contribution in [3.05, 3.63) is 24.0 Å². The summed E-state index contributed by atoms with van der Waals surface area (Å²) in [5, 5.41) is 0. The van der Waals surface area contributed by atoms with Gasteiger partial charge in [0.25, 0.3) is 0 Å². The first-order chi connectivity index (χ1) is 12.9. The summed E-state index contributed by atoms with van der Waals surface area (Å²) in [5.41, 5.74) is 3.19. The van der Waals surface area contributed by atoms with Gasteiger partial charge in [-0.1, -0.05) is 20.8 Å². The molecule has 148 valence electrons. The number of benzene rings is 1. The minimum absolute atomic E-state index is 0.0408. The van der Waals surface area contributed by atoms with E-state index in [1.165, 1.54) is 29.2 Å². The summed E-state index contributed by atoms with van der Waals surface area (Å²) in [6.07, 6.45) is 3.58. The molecule has 4 nitrogen and oxygen atoms in total. The lowest BCUT2D eigenvalue weighted by Gasteiger charge is -2.26. The molecule has 27 heavy (non-hydrogen) atoms. The zero-order valence-corrected chi connectivity index (χ0v) is 18.8. The predicted molar refractivity (Wildman–Crippen MR) is 118 cm³/mol. The lowest BCUT2D eigenvalue weighted by molar-refractivity contribution is 0.0611. The second kappa shape index (κ2) is 8.02. The first kappa shape index (κ1) is 19.7. The molecule has 2 fully saturated rings. The third kappa shape index (κ3) is 4.53. The van der Waals surface area contributed by atoms with Crippen molar-refractivity contribution in [2.75, 3.05) is 26.3 Å². The standard InChI is InChI=1S/C21H32N3OPS/c1-21(2,3)20-22-18-12-17(27-23-9-6-16(26)14-23)4-5-19(18)24(20)13-15-7-10-25-11-8-15/h4-5,12,15-16H,6-11,13-14,26H2,1-3H3. The van der Waals surface area contributed by atoms with E-state index >= 15 is 0 Å². The Kier molecular flexibility index (Phi) is 5.85. The van der Waals surface area contributed by atoms with Crippen LogP contribution in [0.25, 0.3) is 11.0 Å². The number of imidazole rings is 1. The summed E-state index contributed by atoms with van der Waals surface area (Å²) in [4.78, 5) is 6.40. The Morgan fingerprint density at radius 2 is 2.00 bits per heavy atom. The average Bonchev–Trinajstić information content (AvgIpc) is 3.19. The van der Waals surface area contributed by atoms with Crippen LogP contribution in [-0.2, 0) is 16.7 Å². The summed E-state index contributed by atoms with van der Waals surface area (Å²) >= 11 is 1.88. The number of aromatic nitrogens is 2. The summed E-state index contributed by atoms with van der Waals surface area (Å²) in [5.74, 6) is 1.90. The molecular formula is C21H32N3OPS. The Hall–Kier alpha value is -0.610. The maximum Gasteiger partial charge on any atom is 0.115 e. The van der Waals surface area contributed by atoms with Crippen LogP contribution in [0.5, 0.6) is 0 Å². The molecule has 0 radical (unpaired) electrons. The lowest BCUT2D eigenvalue weighted by Crippen LogP contribution is -2.25. The van der Waals surface area contributed by atoms with E-state index in [9.17, 15) is 0 Å². The van der Waals surface area contributed by atoms with Crippen LogP contribution in [0.3, 0.4) is 0 Å². The zero-order chi connectivity index (χ0) is 19.0. The summed E-state index contributed by atoms with van der Waals surface area (Å²) in [6, 6.07) is 6.84. The van der Waals surface area contributed by atoms with Gasteiger partial charge >= 0.3 is 0 Å². The monoisotopic (exact) mass is 405 g/mol. The van der Waals surface area contributed by atoms with E-state index in [4.69, 9.17) is 9.72 Å². The zero-order valence-electron chi connectivity index (χ0n) is 16.8. The lowest BCUT2D eigenvalue weighted by atomic mass is 9.94. The molecule has 1 aromatic heterocycles. The van der Waals surface area contributed by atoms with Crippen LogP contribution in [0.2, 0.25) is 0 Å². The van der Waals surface area contributed by atoms with Crippen LogP contribution in [0, 0.1) is 5.92 Å². The molecule has 4 rings (SSSR count). The Labute approximate surface area is 169 Å². The minimum Gasteiger partial charge on any atom is -0.381 e. The van der Waals surface area contributed by atoms with Crippen molar-refractivity contribution in [2.24, 2.45) is 5.92 Å². The van der Waals surface area contributed by atoms with Gasteiger partial charge in [-0.25, -0.2) is 9.29 Å². The number of rotatable bonds is 4. The SMILES string of the molecule is CC(C)(C)c1nc2cc(SN3CCC(P)C3)ccc2n1CC1CCOCC1. The van der Waals surface area contributed by atoms with Gasteiger partial charge in [0.2, 0.25) is 0 Å². The molecule has 3 heterocycles. The van der Waals surface area contributed by atoms with E-state index in [0.29, 0.717) is 5.92 Å². The quantitative estimate of drug-likeness (QED) is 0.544. The molecule has 0 bridgehead atoms. The second-order valence-corrected chi connectivity index (χ2v) is 11.1. The van der Waals surface area contributed by atoms with Crippen molar-refractivity contribution in [1.29, 1.82) is 0 Å². The fourth-order valence-electron chi connectivity index (χ4n) is 4.10. The molecule has 2 unspecified atom stereocenters. The van der Waals surface area contributed by atoms with E-state index in [-0.39, 0.29) is 5.41 Å². The van der Waals surface area contributed by atoms with Gasteiger partial charge in [0.1, 0.15) is 5.82 Å². The fraction of sp³-hybridized carbons (Fsp3) is 0.667. The molecule has 2 saturated heterocycles. The number of fused-ring (bicyclic) bond motifs is 1. The van der Waals surface area contributed by atoms with E-state index in [1.54, 1.807) is 0 Å². The van der Waals surface area contributed by atoms with Crippen LogP contribution < -0.4 is 0 Å². The van der Waals surface area contributed by atoms with Crippen molar-refractivity contribution in [3.63, 3.8) is 0 Å². The Morgan fingerprint density at radius 1 is 1.22 bits per heavy atom. The maximum absolute atomic E-state index is 5.56. The van der Waals surface area contributed by atoms with E-state index in [2.05, 4.69) is 57.1 Å². The minimum atomic E-state index is 0.0408. The Bertz CT molecular complexity index is 795. The molecule has 0 N–H and O–H groups in total. The highest BCUT2D eigenvalue weighted by molar-refractivity contribution is 7.97. The molecule has 0 amide bonds. The highest BCUT2D eigenvalue weighted by Crippen LogP contribution is 2.34. The Morgan fingerprint density at radius 3 is 2.67 bits per heavy atom.